The Balaban J connectivity index is 1.97. The van der Waals surface area contributed by atoms with Gasteiger partial charge < -0.3 is 5.11 Å². The van der Waals surface area contributed by atoms with Crippen LogP contribution in [0, 0.1) is 0 Å². The molecule has 20 heavy (non-hydrogen) atoms. The highest BCUT2D eigenvalue weighted by Crippen LogP contribution is 2.25. The first-order valence-corrected chi connectivity index (χ1v) is 6.84. The van der Waals surface area contributed by atoms with Gasteiger partial charge in [0.1, 0.15) is 0 Å². The Hall–Kier alpha value is -2.41. The Morgan fingerprint density at radius 2 is 2.15 bits per heavy atom. The van der Waals surface area contributed by atoms with Crippen LogP contribution >= 0.6 is 11.8 Å². The molecule has 0 aliphatic heterocycles. The summed E-state index contributed by atoms with van der Waals surface area (Å²) in [4.78, 5) is 19.1. The monoisotopic (exact) mass is 286 g/mol. The number of aliphatic carboxylic acids is 1. The molecule has 3 rings (SSSR count). The van der Waals surface area contributed by atoms with Gasteiger partial charge in [-0.2, -0.15) is 0 Å². The van der Waals surface area contributed by atoms with Gasteiger partial charge in [0, 0.05) is 17.1 Å². The number of H-pyrrole nitrogens is 1. The largest absolute Gasteiger partial charge is 0.481 e. The van der Waals surface area contributed by atoms with Crippen molar-refractivity contribution in [1.29, 1.82) is 0 Å². The van der Waals surface area contributed by atoms with Gasteiger partial charge in [-0.3, -0.25) is 14.9 Å². The second kappa shape index (κ2) is 5.30. The van der Waals surface area contributed by atoms with Crippen molar-refractivity contribution in [1.82, 2.24) is 20.2 Å². The molecule has 0 aliphatic carbocycles. The lowest BCUT2D eigenvalue weighted by atomic mass is 10.1. The number of fused-ring (bicyclic) bond motifs is 1. The van der Waals surface area contributed by atoms with Crippen LogP contribution in [0.5, 0.6) is 0 Å². The highest BCUT2D eigenvalue weighted by atomic mass is 32.2. The van der Waals surface area contributed by atoms with E-state index in [0.29, 0.717) is 11.0 Å². The van der Waals surface area contributed by atoms with E-state index < -0.39 is 5.97 Å². The highest BCUT2D eigenvalue weighted by Gasteiger charge is 2.10. The zero-order chi connectivity index (χ0) is 13.9. The zero-order valence-electron chi connectivity index (χ0n) is 10.3. The van der Waals surface area contributed by atoms with Gasteiger partial charge in [-0.1, -0.05) is 30.0 Å². The summed E-state index contributed by atoms with van der Waals surface area (Å²) >= 11 is 1.08. The number of hydrogen-bond acceptors (Lipinski definition) is 5. The number of nitrogens with one attached hydrogen (secondary N) is 1. The predicted molar refractivity (Wildman–Crippen MR) is 75.5 cm³/mol. The molecule has 2 aromatic heterocycles. The summed E-state index contributed by atoms with van der Waals surface area (Å²) in [7, 11) is 0. The van der Waals surface area contributed by atoms with Crippen LogP contribution in [0.4, 0.5) is 0 Å². The minimum Gasteiger partial charge on any atom is -0.481 e. The van der Waals surface area contributed by atoms with E-state index in [1.54, 1.807) is 6.20 Å². The fraction of sp³-hybridized carbons (Fsp3) is 0.0769. The molecule has 0 saturated heterocycles. The number of thioether (sulfide) groups is 1. The van der Waals surface area contributed by atoms with Crippen molar-refractivity contribution in [3.05, 3.63) is 36.5 Å². The Morgan fingerprint density at radius 3 is 3.00 bits per heavy atom. The SMILES string of the molecule is O=C(O)CSc1n[nH]c(-c2ccnc3ccccc23)n1. The van der Waals surface area contributed by atoms with E-state index in [2.05, 4.69) is 20.2 Å². The van der Waals surface area contributed by atoms with Gasteiger partial charge in [0.2, 0.25) is 5.16 Å². The van der Waals surface area contributed by atoms with Crippen molar-refractivity contribution in [3.63, 3.8) is 0 Å². The van der Waals surface area contributed by atoms with Gasteiger partial charge in [-0.05, 0) is 12.1 Å². The van der Waals surface area contributed by atoms with E-state index in [4.69, 9.17) is 5.11 Å². The molecule has 0 saturated carbocycles. The third-order valence-electron chi connectivity index (χ3n) is 2.69. The van der Waals surface area contributed by atoms with Crippen LogP contribution in [0.15, 0.2) is 41.7 Å². The Labute approximate surface area is 118 Å². The van der Waals surface area contributed by atoms with E-state index in [1.165, 1.54) is 0 Å². The molecular formula is C13H10N4O2S. The number of aromatic nitrogens is 4. The summed E-state index contributed by atoms with van der Waals surface area (Å²) < 4.78 is 0. The number of para-hydroxylation sites is 1. The topological polar surface area (TPSA) is 91.8 Å². The quantitative estimate of drug-likeness (QED) is 0.714. The maximum Gasteiger partial charge on any atom is 0.313 e. The molecule has 0 bridgehead atoms. The summed E-state index contributed by atoms with van der Waals surface area (Å²) in [5.74, 6) is -0.346. The first-order valence-electron chi connectivity index (χ1n) is 5.85. The Morgan fingerprint density at radius 1 is 1.30 bits per heavy atom. The van der Waals surface area contributed by atoms with Crippen LogP contribution in [-0.4, -0.2) is 37.0 Å². The standard InChI is InChI=1S/C13H10N4O2S/c18-11(19)7-20-13-15-12(16-17-13)9-5-6-14-10-4-2-1-3-8(9)10/h1-6H,7H2,(H,18,19)(H,15,16,17). The third-order valence-corrected chi connectivity index (χ3v) is 3.53. The van der Waals surface area contributed by atoms with Gasteiger partial charge in [-0.25, -0.2) is 4.98 Å². The molecular weight excluding hydrogens is 276 g/mol. The van der Waals surface area contributed by atoms with Gasteiger partial charge in [0.05, 0.1) is 11.3 Å². The molecule has 100 valence electrons. The van der Waals surface area contributed by atoms with Crippen molar-refractivity contribution in [2.75, 3.05) is 5.75 Å². The van der Waals surface area contributed by atoms with E-state index in [0.717, 1.165) is 28.2 Å². The molecule has 6 nitrogen and oxygen atoms in total. The van der Waals surface area contributed by atoms with Crippen LogP contribution in [0.3, 0.4) is 0 Å². The molecule has 0 unspecified atom stereocenters. The lowest BCUT2D eigenvalue weighted by Gasteiger charge is -2.01. The first-order chi connectivity index (χ1) is 9.74. The molecule has 2 heterocycles. The predicted octanol–water partition coefficient (Wildman–Crippen LogP) is 2.20. The van der Waals surface area contributed by atoms with Crippen molar-refractivity contribution < 1.29 is 9.90 Å². The van der Waals surface area contributed by atoms with Crippen molar-refractivity contribution in [3.8, 4) is 11.4 Å². The van der Waals surface area contributed by atoms with Crippen LogP contribution in [-0.2, 0) is 4.79 Å². The summed E-state index contributed by atoms with van der Waals surface area (Å²) in [5, 5.41) is 16.9. The lowest BCUT2D eigenvalue weighted by Crippen LogP contribution is -1.97. The van der Waals surface area contributed by atoms with Gasteiger partial charge in [0.15, 0.2) is 5.82 Å². The van der Waals surface area contributed by atoms with Crippen LogP contribution in [0.25, 0.3) is 22.3 Å². The molecule has 0 spiro atoms. The molecule has 0 aliphatic rings. The number of carboxylic acid groups (broad SMARTS) is 1. The molecule has 0 radical (unpaired) electrons. The fourth-order valence-corrected chi connectivity index (χ4v) is 2.38. The number of aromatic amines is 1. The smallest absolute Gasteiger partial charge is 0.313 e. The number of nitrogens with zero attached hydrogens (tertiary/aromatic N) is 3. The number of carbonyl (C=O) groups is 1. The average Bonchev–Trinajstić information content (AvgIpc) is 2.93. The van der Waals surface area contributed by atoms with Crippen LogP contribution in [0.1, 0.15) is 0 Å². The normalized spacial score (nSPS) is 10.8. The van der Waals surface area contributed by atoms with E-state index in [1.807, 2.05) is 30.3 Å². The minimum atomic E-state index is -0.893. The van der Waals surface area contributed by atoms with Crippen LogP contribution in [0.2, 0.25) is 0 Å². The second-order valence-electron chi connectivity index (χ2n) is 4.02. The zero-order valence-corrected chi connectivity index (χ0v) is 11.1. The van der Waals surface area contributed by atoms with E-state index in [-0.39, 0.29) is 5.75 Å². The number of carboxylic acids is 1. The number of benzene rings is 1. The molecule has 7 heteroatoms. The minimum absolute atomic E-state index is 0.0611. The van der Waals surface area contributed by atoms with Gasteiger partial charge >= 0.3 is 5.97 Å². The average molecular weight is 286 g/mol. The molecule has 2 N–H and O–H groups in total. The molecule has 0 amide bonds. The molecule has 1 aromatic carbocycles. The maximum atomic E-state index is 10.5. The summed E-state index contributed by atoms with van der Waals surface area (Å²) in [6, 6.07) is 9.60. The highest BCUT2D eigenvalue weighted by molar-refractivity contribution is 7.99. The maximum absolute atomic E-state index is 10.5. The van der Waals surface area contributed by atoms with Gasteiger partial charge in [-0.15, -0.1) is 5.10 Å². The van der Waals surface area contributed by atoms with Crippen molar-refractivity contribution in [2.24, 2.45) is 0 Å². The molecule has 3 aromatic rings. The molecule has 0 atom stereocenters. The number of hydrogen-bond donors (Lipinski definition) is 2. The first kappa shape index (κ1) is 12.6. The van der Waals surface area contributed by atoms with Crippen molar-refractivity contribution >= 4 is 28.6 Å². The summed E-state index contributed by atoms with van der Waals surface area (Å²) in [6.07, 6.45) is 1.71. The summed E-state index contributed by atoms with van der Waals surface area (Å²) in [5.41, 5.74) is 1.77. The fourth-order valence-electron chi connectivity index (χ4n) is 1.86. The van der Waals surface area contributed by atoms with E-state index >= 15 is 0 Å². The molecule has 0 fully saturated rings. The number of pyridine rings is 1. The van der Waals surface area contributed by atoms with Crippen molar-refractivity contribution in [2.45, 2.75) is 5.16 Å². The van der Waals surface area contributed by atoms with Gasteiger partial charge in [0.25, 0.3) is 0 Å². The third kappa shape index (κ3) is 2.48. The van der Waals surface area contributed by atoms with Crippen LogP contribution < -0.4 is 0 Å². The Bertz CT molecular complexity index is 766. The Kier molecular flexibility index (Phi) is 3.34. The number of rotatable bonds is 4. The van der Waals surface area contributed by atoms with E-state index in [9.17, 15) is 4.79 Å². The summed E-state index contributed by atoms with van der Waals surface area (Å²) in [6.45, 7) is 0. The second-order valence-corrected chi connectivity index (χ2v) is 4.97. The lowest BCUT2D eigenvalue weighted by molar-refractivity contribution is -0.133.